The molecule has 21 heavy (non-hydrogen) atoms. The Labute approximate surface area is 120 Å². The van der Waals surface area contributed by atoms with Crippen molar-refractivity contribution in [1.82, 2.24) is 20.1 Å². The molecule has 0 aliphatic carbocycles. The van der Waals surface area contributed by atoms with Crippen molar-refractivity contribution in [2.75, 3.05) is 7.11 Å². The molecule has 3 rings (SSSR count). The quantitative estimate of drug-likeness (QED) is 0.787. The van der Waals surface area contributed by atoms with Crippen molar-refractivity contribution in [2.24, 2.45) is 0 Å². The van der Waals surface area contributed by atoms with E-state index in [2.05, 4.69) is 20.1 Å². The monoisotopic (exact) mass is 284 g/mol. The first-order valence-electron chi connectivity index (χ1n) is 6.18. The Balaban J connectivity index is 2.02. The molecule has 3 aromatic rings. The van der Waals surface area contributed by atoms with Crippen molar-refractivity contribution in [3.8, 4) is 34.5 Å². The maximum absolute atomic E-state index is 9.90. The van der Waals surface area contributed by atoms with Crippen LogP contribution in [0.1, 0.15) is 5.82 Å². The zero-order valence-electron chi connectivity index (χ0n) is 11.4. The summed E-state index contributed by atoms with van der Waals surface area (Å²) >= 11 is 0. The van der Waals surface area contributed by atoms with Crippen molar-refractivity contribution in [2.45, 2.75) is 6.92 Å². The molecule has 0 amide bonds. The van der Waals surface area contributed by atoms with Crippen molar-refractivity contribution in [3.63, 3.8) is 0 Å². The second-order valence-corrected chi connectivity index (χ2v) is 4.30. The molecule has 7 nitrogen and oxygen atoms in total. The molecule has 106 valence electrons. The molecule has 1 aromatic carbocycles. The van der Waals surface area contributed by atoms with Crippen LogP contribution in [0, 0.1) is 6.92 Å². The van der Waals surface area contributed by atoms with Crippen molar-refractivity contribution < 1.29 is 14.4 Å². The van der Waals surface area contributed by atoms with E-state index in [0.717, 1.165) is 0 Å². The van der Waals surface area contributed by atoms with Gasteiger partial charge in [-0.3, -0.25) is 0 Å². The number of phenols is 1. The second-order valence-electron chi connectivity index (χ2n) is 4.30. The normalized spacial score (nSPS) is 10.6. The van der Waals surface area contributed by atoms with E-state index in [-0.39, 0.29) is 11.6 Å². The average Bonchev–Trinajstić information content (AvgIpc) is 2.97. The molecule has 2 aromatic heterocycles. The number of ether oxygens (including phenoxy) is 1. The summed E-state index contributed by atoms with van der Waals surface area (Å²) in [5.74, 6) is 1.75. The van der Waals surface area contributed by atoms with Gasteiger partial charge in [-0.05, 0) is 31.2 Å². The summed E-state index contributed by atoms with van der Waals surface area (Å²) in [7, 11) is 1.54. The molecule has 1 N–H and O–H groups in total. The lowest BCUT2D eigenvalue weighted by Gasteiger charge is -2.02. The van der Waals surface area contributed by atoms with E-state index in [0.29, 0.717) is 28.7 Å². The average molecular weight is 284 g/mol. The molecule has 2 heterocycles. The van der Waals surface area contributed by atoms with E-state index in [9.17, 15) is 5.11 Å². The molecule has 0 unspecified atom stereocenters. The molecule has 7 heteroatoms. The Hall–Kier alpha value is -2.96. The number of hydrogen-bond acceptors (Lipinski definition) is 7. The van der Waals surface area contributed by atoms with Gasteiger partial charge in [-0.1, -0.05) is 5.16 Å². The number of benzene rings is 1. The number of nitrogens with zero attached hydrogens (tertiary/aromatic N) is 4. The highest BCUT2D eigenvalue weighted by Gasteiger charge is 2.15. The lowest BCUT2D eigenvalue weighted by Crippen LogP contribution is -1.91. The van der Waals surface area contributed by atoms with Gasteiger partial charge in [-0.2, -0.15) is 4.98 Å². The molecule has 0 bridgehead atoms. The third-order valence-electron chi connectivity index (χ3n) is 2.87. The summed E-state index contributed by atoms with van der Waals surface area (Å²) in [6, 6.07) is 6.46. The lowest BCUT2D eigenvalue weighted by molar-refractivity contribution is 0.408. The third kappa shape index (κ3) is 2.53. The van der Waals surface area contributed by atoms with Gasteiger partial charge in [0.2, 0.25) is 5.82 Å². The van der Waals surface area contributed by atoms with Crippen LogP contribution in [0.5, 0.6) is 11.5 Å². The highest BCUT2D eigenvalue weighted by atomic mass is 16.5. The molecule has 0 atom stereocenters. The van der Waals surface area contributed by atoms with Gasteiger partial charge >= 0.3 is 0 Å². The van der Waals surface area contributed by atoms with E-state index in [1.165, 1.54) is 6.07 Å². The first kappa shape index (κ1) is 13.0. The highest BCUT2D eigenvalue weighted by molar-refractivity contribution is 5.65. The van der Waals surface area contributed by atoms with Gasteiger partial charge in [0, 0.05) is 6.20 Å². The van der Waals surface area contributed by atoms with Crippen LogP contribution in [0.2, 0.25) is 0 Å². The van der Waals surface area contributed by atoms with Crippen LogP contribution in [0.15, 0.2) is 35.0 Å². The van der Waals surface area contributed by atoms with E-state index in [4.69, 9.17) is 9.26 Å². The SMILES string of the molecule is COc1ccc(O)c(-c2nc(-c3ccnc(C)n3)no2)c1. The zero-order valence-corrected chi connectivity index (χ0v) is 11.4. The second kappa shape index (κ2) is 5.20. The molecule has 0 aliphatic heterocycles. The minimum absolute atomic E-state index is 0.0323. The topological polar surface area (TPSA) is 94.2 Å². The maximum Gasteiger partial charge on any atom is 0.262 e. The number of methoxy groups -OCH3 is 1. The fraction of sp³-hybridized carbons (Fsp3) is 0.143. The van der Waals surface area contributed by atoms with Gasteiger partial charge in [0.25, 0.3) is 5.89 Å². The number of hydrogen-bond donors (Lipinski definition) is 1. The predicted octanol–water partition coefficient (Wildman–Crippen LogP) is 2.22. The maximum atomic E-state index is 9.90. The molecule has 0 aliphatic rings. The number of phenolic OH excluding ortho intramolecular Hbond substituents is 1. The van der Waals surface area contributed by atoms with Gasteiger partial charge in [0.15, 0.2) is 0 Å². The molecule has 0 spiro atoms. The minimum atomic E-state index is 0.0323. The van der Waals surface area contributed by atoms with E-state index >= 15 is 0 Å². The summed E-state index contributed by atoms with van der Waals surface area (Å²) < 4.78 is 10.3. The molecule has 0 radical (unpaired) electrons. The Morgan fingerprint density at radius 1 is 1.19 bits per heavy atom. The van der Waals surface area contributed by atoms with E-state index < -0.39 is 0 Å². The first-order valence-corrected chi connectivity index (χ1v) is 6.18. The Kier molecular flexibility index (Phi) is 3.23. The van der Waals surface area contributed by atoms with Gasteiger partial charge < -0.3 is 14.4 Å². The molecular weight excluding hydrogens is 272 g/mol. The minimum Gasteiger partial charge on any atom is -0.507 e. The van der Waals surface area contributed by atoms with Crippen molar-refractivity contribution in [1.29, 1.82) is 0 Å². The van der Waals surface area contributed by atoms with Gasteiger partial charge in [-0.25, -0.2) is 9.97 Å². The molecule has 0 saturated heterocycles. The van der Waals surface area contributed by atoms with Crippen LogP contribution in [0.3, 0.4) is 0 Å². The number of aromatic nitrogens is 4. The fourth-order valence-electron chi connectivity index (χ4n) is 1.83. The Morgan fingerprint density at radius 2 is 2.05 bits per heavy atom. The molecule has 0 saturated carbocycles. The Morgan fingerprint density at radius 3 is 2.81 bits per heavy atom. The summed E-state index contributed by atoms with van der Waals surface area (Å²) in [5.41, 5.74) is 0.957. The van der Waals surface area contributed by atoms with Crippen LogP contribution in [-0.2, 0) is 0 Å². The lowest BCUT2D eigenvalue weighted by atomic mass is 10.2. The largest absolute Gasteiger partial charge is 0.507 e. The first-order chi connectivity index (χ1) is 10.2. The molecule has 0 fully saturated rings. The van der Waals surface area contributed by atoms with Crippen molar-refractivity contribution >= 4 is 0 Å². The van der Waals surface area contributed by atoms with Gasteiger partial charge in [0.1, 0.15) is 23.0 Å². The summed E-state index contributed by atoms with van der Waals surface area (Å²) in [6.07, 6.45) is 1.62. The standard InChI is InChI=1S/C14H12N4O3/c1-8-15-6-5-11(16-8)13-17-14(21-18-13)10-7-9(20-2)3-4-12(10)19/h3-7,19H,1-2H3. The van der Waals surface area contributed by atoms with Gasteiger partial charge in [-0.15, -0.1) is 0 Å². The summed E-state index contributed by atoms with van der Waals surface area (Å²) in [6.45, 7) is 1.78. The van der Waals surface area contributed by atoms with Crippen molar-refractivity contribution in [3.05, 3.63) is 36.3 Å². The number of aryl methyl sites for hydroxylation is 1. The number of aromatic hydroxyl groups is 1. The Bertz CT molecular complexity index is 785. The van der Waals surface area contributed by atoms with Crippen LogP contribution in [0.25, 0.3) is 23.0 Å². The number of rotatable bonds is 3. The highest BCUT2D eigenvalue weighted by Crippen LogP contribution is 2.32. The molecular formula is C14H12N4O3. The van der Waals surface area contributed by atoms with E-state index in [1.54, 1.807) is 38.4 Å². The van der Waals surface area contributed by atoms with Crippen LogP contribution < -0.4 is 4.74 Å². The fourth-order valence-corrected chi connectivity index (χ4v) is 1.83. The predicted molar refractivity (Wildman–Crippen MR) is 73.7 cm³/mol. The smallest absolute Gasteiger partial charge is 0.262 e. The zero-order chi connectivity index (χ0) is 14.8. The van der Waals surface area contributed by atoms with Crippen LogP contribution in [-0.4, -0.2) is 32.3 Å². The summed E-state index contributed by atoms with van der Waals surface area (Å²) in [5, 5.41) is 13.8. The summed E-state index contributed by atoms with van der Waals surface area (Å²) in [4.78, 5) is 12.5. The van der Waals surface area contributed by atoms with E-state index in [1.807, 2.05) is 0 Å². The van der Waals surface area contributed by atoms with Gasteiger partial charge in [0.05, 0.1) is 12.7 Å². The van der Waals surface area contributed by atoms with Crippen LogP contribution >= 0.6 is 0 Å². The van der Waals surface area contributed by atoms with Crippen LogP contribution in [0.4, 0.5) is 0 Å². The third-order valence-corrected chi connectivity index (χ3v) is 2.87.